The predicted octanol–water partition coefficient (Wildman–Crippen LogP) is 2.25. The van der Waals surface area contributed by atoms with E-state index in [0.29, 0.717) is 18.6 Å². The van der Waals surface area contributed by atoms with Gasteiger partial charge in [-0.05, 0) is 31.4 Å². The second kappa shape index (κ2) is 7.14. The van der Waals surface area contributed by atoms with Gasteiger partial charge in [-0.25, -0.2) is 18.5 Å². The fourth-order valence-corrected chi connectivity index (χ4v) is 3.64. The number of hydrogen-bond acceptors (Lipinski definition) is 4. The molecule has 2 heterocycles. The van der Waals surface area contributed by atoms with E-state index in [2.05, 4.69) is 15.5 Å². The van der Waals surface area contributed by atoms with Crippen LogP contribution in [-0.4, -0.2) is 39.4 Å². The van der Waals surface area contributed by atoms with E-state index >= 15 is 0 Å². The molecule has 1 N–H and O–H groups in total. The number of carbonyl (C=O) groups is 2. The van der Waals surface area contributed by atoms with E-state index in [9.17, 15) is 18.4 Å². The lowest BCUT2D eigenvalue weighted by Crippen LogP contribution is -2.40. The van der Waals surface area contributed by atoms with Crippen LogP contribution in [0.2, 0.25) is 0 Å². The third-order valence-electron chi connectivity index (χ3n) is 5.10. The minimum Gasteiger partial charge on any atom is -0.344 e. The first-order valence-corrected chi connectivity index (χ1v) is 9.11. The molecule has 2 aromatic rings. The van der Waals surface area contributed by atoms with E-state index in [1.54, 1.807) is 6.20 Å². The molecule has 0 fully saturated rings. The van der Waals surface area contributed by atoms with Crippen molar-refractivity contribution in [2.75, 3.05) is 7.05 Å². The average Bonchev–Trinajstić information content (AvgIpc) is 3.09. The topological polar surface area (TPSA) is 79.6 Å². The van der Waals surface area contributed by atoms with Gasteiger partial charge in [0.1, 0.15) is 17.2 Å². The number of fused-ring (bicyclic) bond motifs is 1. The lowest BCUT2D eigenvalue weighted by molar-refractivity contribution is -0.130. The smallest absolute Gasteiger partial charge is 0.267 e. The van der Waals surface area contributed by atoms with Gasteiger partial charge in [-0.1, -0.05) is 0 Å². The number of hydrazone groups is 1. The van der Waals surface area contributed by atoms with Gasteiger partial charge in [0.15, 0.2) is 5.82 Å². The molecule has 2 amide bonds. The van der Waals surface area contributed by atoms with Crippen molar-refractivity contribution in [2.24, 2.45) is 5.10 Å². The van der Waals surface area contributed by atoms with Gasteiger partial charge in [0.25, 0.3) is 5.91 Å². The van der Waals surface area contributed by atoms with E-state index in [0.717, 1.165) is 30.2 Å². The fraction of sp³-hybridized carbons (Fsp3) is 0.368. The van der Waals surface area contributed by atoms with Crippen LogP contribution in [0.3, 0.4) is 0 Å². The average molecular weight is 387 g/mol. The molecule has 4 rings (SSSR count). The van der Waals surface area contributed by atoms with Gasteiger partial charge in [0.2, 0.25) is 5.91 Å². The summed E-state index contributed by atoms with van der Waals surface area (Å²) in [6, 6.07) is 3.08. The number of benzene rings is 1. The maximum Gasteiger partial charge on any atom is 0.267 e. The summed E-state index contributed by atoms with van der Waals surface area (Å²) in [5, 5.41) is 12.4. The SMILES string of the molecule is CN1N=C(C(=O)N[C@H]2CCCc3c2cnn3-c2ccc(F)cc2F)CCC1=O. The van der Waals surface area contributed by atoms with Crippen molar-refractivity contribution in [1.29, 1.82) is 0 Å². The Labute approximate surface area is 160 Å². The molecule has 1 aromatic carbocycles. The number of hydrogen-bond donors (Lipinski definition) is 1. The summed E-state index contributed by atoms with van der Waals surface area (Å²) in [7, 11) is 1.52. The van der Waals surface area contributed by atoms with E-state index < -0.39 is 11.6 Å². The van der Waals surface area contributed by atoms with Crippen molar-refractivity contribution in [1.82, 2.24) is 20.1 Å². The van der Waals surface area contributed by atoms with Crippen molar-refractivity contribution in [3.05, 3.63) is 47.3 Å². The van der Waals surface area contributed by atoms with Crippen LogP contribution in [0.25, 0.3) is 5.69 Å². The molecule has 0 radical (unpaired) electrons. The number of halogens is 2. The summed E-state index contributed by atoms with van der Waals surface area (Å²) < 4.78 is 28.9. The summed E-state index contributed by atoms with van der Waals surface area (Å²) in [4.78, 5) is 24.1. The molecule has 7 nitrogen and oxygen atoms in total. The maximum absolute atomic E-state index is 14.2. The minimum atomic E-state index is -0.693. The second-order valence-corrected chi connectivity index (χ2v) is 6.94. The van der Waals surface area contributed by atoms with Crippen LogP contribution in [0.1, 0.15) is 43.0 Å². The van der Waals surface area contributed by atoms with E-state index in [1.807, 2.05) is 0 Å². The number of nitrogens with zero attached hydrogens (tertiary/aromatic N) is 4. The summed E-state index contributed by atoms with van der Waals surface area (Å²) in [5.41, 5.74) is 2.08. The first-order chi connectivity index (χ1) is 13.4. The first-order valence-electron chi connectivity index (χ1n) is 9.11. The molecule has 0 bridgehead atoms. The molecule has 1 aliphatic carbocycles. The Hall–Kier alpha value is -3.10. The zero-order valence-electron chi connectivity index (χ0n) is 15.3. The third-order valence-corrected chi connectivity index (χ3v) is 5.10. The lowest BCUT2D eigenvalue weighted by Gasteiger charge is -2.25. The number of aromatic nitrogens is 2. The Balaban J connectivity index is 1.59. The first kappa shape index (κ1) is 18.3. The van der Waals surface area contributed by atoms with Crippen LogP contribution in [0.4, 0.5) is 8.78 Å². The highest BCUT2D eigenvalue weighted by molar-refractivity contribution is 6.39. The quantitative estimate of drug-likeness (QED) is 0.877. The molecule has 0 unspecified atom stereocenters. The van der Waals surface area contributed by atoms with Crippen molar-refractivity contribution in [3.8, 4) is 5.69 Å². The zero-order valence-corrected chi connectivity index (χ0v) is 15.3. The molecular formula is C19H19F2N5O2. The summed E-state index contributed by atoms with van der Waals surface area (Å²) >= 11 is 0. The molecule has 0 saturated heterocycles. The van der Waals surface area contributed by atoms with Gasteiger partial charge in [-0.2, -0.15) is 10.2 Å². The summed E-state index contributed by atoms with van der Waals surface area (Å²) in [6.45, 7) is 0. The zero-order chi connectivity index (χ0) is 19.8. The van der Waals surface area contributed by atoms with Gasteiger partial charge >= 0.3 is 0 Å². The van der Waals surface area contributed by atoms with Crippen molar-refractivity contribution in [3.63, 3.8) is 0 Å². The van der Waals surface area contributed by atoms with Crippen molar-refractivity contribution < 1.29 is 18.4 Å². The molecule has 1 aromatic heterocycles. The molecule has 0 saturated carbocycles. The fourth-order valence-electron chi connectivity index (χ4n) is 3.64. The van der Waals surface area contributed by atoms with Gasteiger partial charge in [0.05, 0.1) is 12.2 Å². The predicted molar refractivity (Wildman–Crippen MR) is 96.7 cm³/mol. The largest absolute Gasteiger partial charge is 0.344 e. The van der Waals surface area contributed by atoms with Crippen LogP contribution in [0.15, 0.2) is 29.5 Å². The molecule has 28 heavy (non-hydrogen) atoms. The molecule has 1 aliphatic heterocycles. The highest BCUT2D eigenvalue weighted by Crippen LogP contribution is 2.31. The molecular weight excluding hydrogens is 368 g/mol. The number of nitrogens with one attached hydrogen (secondary N) is 1. The van der Waals surface area contributed by atoms with E-state index in [4.69, 9.17) is 0 Å². The van der Waals surface area contributed by atoms with Gasteiger partial charge in [-0.15, -0.1) is 0 Å². The van der Waals surface area contributed by atoms with E-state index in [-0.39, 0.29) is 30.0 Å². The summed E-state index contributed by atoms with van der Waals surface area (Å²) in [5.74, 6) is -1.79. The van der Waals surface area contributed by atoms with Crippen LogP contribution in [-0.2, 0) is 16.0 Å². The van der Waals surface area contributed by atoms with E-state index in [1.165, 1.54) is 28.9 Å². The van der Waals surface area contributed by atoms with Gasteiger partial charge < -0.3 is 5.32 Å². The standard InChI is InChI=1S/C19H19F2N5O2/c1-25-18(27)8-6-15(24-25)19(28)23-14-3-2-4-16-12(14)10-22-26(16)17-7-5-11(20)9-13(17)21/h5,7,9-10,14H,2-4,6,8H2,1H3,(H,23,28)/t14-/m0/s1. The van der Waals surface area contributed by atoms with Crippen molar-refractivity contribution in [2.45, 2.75) is 38.1 Å². The number of rotatable bonds is 3. The van der Waals surface area contributed by atoms with Gasteiger partial charge in [0, 0.05) is 37.2 Å². The minimum absolute atomic E-state index is 0.126. The van der Waals surface area contributed by atoms with Crippen LogP contribution in [0, 0.1) is 11.6 Å². The highest BCUT2D eigenvalue weighted by atomic mass is 19.1. The molecule has 0 spiro atoms. The molecule has 2 aliphatic rings. The Kier molecular flexibility index (Phi) is 4.66. The van der Waals surface area contributed by atoms with Crippen molar-refractivity contribution >= 4 is 17.5 Å². The maximum atomic E-state index is 14.2. The van der Waals surface area contributed by atoms with Crippen LogP contribution >= 0.6 is 0 Å². The second-order valence-electron chi connectivity index (χ2n) is 6.94. The Morgan fingerprint density at radius 2 is 2.07 bits per heavy atom. The van der Waals surface area contributed by atoms with Crippen LogP contribution < -0.4 is 5.32 Å². The Bertz CT molecular complexity index is 985. The number of amides is 2. The highest BCUT2D eigenvalue weighted by Gasteiger charge is 2.29. The Morgan fingerprint density at radius 3 is 2.82 bits per heavy atom. The molecule has 146 valence electrons. The molecule has 9 heteroatoms. The molecule has 1 atom stereocenters. The summed E-state index contributed by atoms with van der Waals surface area (Å²) in [6.07, 6.45) is 4.35. The number of carbonyl (C=O) groups excluding carboxylic acids is 2. The lowest BCUT2D eigenvalue weighted by atomic mass is 9.92. The monoisotopic (exact) mass is 387 g/mol. The normalized spacial score (nSPS) is 19.2. The van der Waals surface area contributed by atoms with Crippen LogP contribution in [0.5, 0.6) is 0 Å². The van der Waals surface area contributed by atoms with Gasteiger partial charge in [-0.3, -0.25) is 9.59 Å². The third kappa shape index (κ3) is 3.28. The Morgan fingerprint density at radius 1 is 1.25 bits per heavy atom.